The van der Waals surface area contributed by atoms with Crippen molar-refractivity contribution in [1.29, 1.82) is 0 Å². The first-order chi connectivity index (χ1) is 17.2. The maximum atomic E-state index is 13.1. The number of rotatable bonds is 3. The highest BCUT2D eigenvalue weighted by molar-refractivity contribution is 6.16. The molecule has 1 aliphatic heterocycles. The van der Waals surface area contributed by atoms with Crippen molar-refractivity contribution in [3.63, 3.8) is 0 Å². The van der Waals surface area contributed by atoms with E-state index in [1.54, 1.807) is 39.2 Å². The molecule has 0 amide bonds. The summed E-state index contributed by atoms with van der Waals surface area (Å²) in [6.07, 6.45) is 2.75. The lowest BCUT2D eigenvalue weighted by Crippen LogP contribution is -2.27. The van der Waals surface area contributed by atoms with Crippen LogP contribution in [-0.4, -0.2) is 38.1 Å². The molecule has 5 rings (SSSR count). The van der Waals surface area contributed by atoms with Crippen LogP contribution < -0.4 is 5.32 Å². The summed E-state index contributed by atoms with van der Waals surface area (Å²) in [4.78, 5) is 33.9. The topological polar surface area (TPSA) is 98.5 Å². The molecule has 36 heavy (non-hydrogen) atoms. The van der Waals surface area contributed by atoms with Gasteiger partial charge in [-0.15, -0.1) is 0 Å². The molecule has 1 N–H and O–H groups in total. The largest absolute Gasteiger partial charge is 0.442 e. The SMILES string of the molecule is CC(C1=Nc2cc3c(-c4ccncc4)nn(C(=O)OC(C)(C)C)c3cc2NC1=C=O)c1ccccc1. The number of ether oxygens (including phenoxy) is 1. The molecule has 0 fully saturated rings. The second-order valence-electron chi connectivity index (χ2n) is 9.59. The van der Waals surface area contributed by atoms with E-state index in [1.165, 1.54) is 4.68 Å². The molecule has 180 valence electrons. The molecule has 0 spiro atoms. The van der Waals surface area contributed by atoms with Crippen molar-refractivity contribution >= 4 is 40.0 Å². The number of pyridine rings is 1. The van der Waals surface area contributed by atoms with Gasteiger partial charge in [0.1, 0.15) is 17.0 Å². The summed E-state index contributed by atoms with van der Waals surface area (Å²) in [5.41, 5.74) is 4.34. The summed E-state index contributed by atoms with van der Waals surface area (Å²) < 4.78 is 6.84. The van der Waals surface area contributed by atoms with Crippen LogP contribution in [0.15, 0.2) is 77.7 Å². The Hall–Kier alpha value is -4.55. The molecule has 4 aromatic rings. The van der Waals surface area contributed by atoms with E-state index in [1.807, 2.05) is 61.4 Å². The van der Waals surface area contributed by atoms with Crippen LogP contribution in [0.4, 0.5) is 16.2 Å². The third-order valence-corrected chi connectivity index (χ3v) is 5.89. The zero-order chi connectivity index (χ0) is 25.4. The lowest BCUT2D eigenvalue weighted by molar-refractivity contribution is 0.0523. The number of carbonyl (C=O) groups excluding carboxylic acids is 2. The van der Waals surface area contributed by atoms with Crippen LogP contribution in [0, 0.1) is 0 Å². The molecule has 8 nitrogen and oxygen atoms in total. The normalized spacial score (nSPS) is 13.9. The van der Waals surface area contributed by atoms with Crippen LogP contribution in [0.1, 0.15) is 39.2 Å². The highest BCUT2D eigenvalue weighted by Gasteiger charge is 2.28. The molecule has 0 saturated carbocycles. The Kier molecular flexibility index (Phi) is 5.74. The van der Waals surface area contributed by atoms with Gasteiger partial charge in [0, 0.05) is 29.3 Å². The lowest BCUT2D eigenvalue weighted by atomic mass is 9.93. The second-order valence-corrected chi connectivity index (χ2v) is 9.59. The van der Waals surface area contributed by atoms with Crippen molar-refractivity contribution in [2.45, 2.75) is 39.2 Å². The Labute approximate surface area is 208 Å². The van der Waals surface area contributed by atoms with Gasteiger partial charge in [-0.3, -0.25) is 4.98 Å². The number of carbonyl (C=O) groups is 1. The average Bonchev–Trinajstić information content (AvgIpc) is 3.24. The molecule has 0 aliphatic carbocycles. The van der Waals surface area contributed by atoms with Crippen molar-refractivity contribution in [3.8, 4) is 11.3 Å². The molecule has 0 bridgehead atoms. The number of anilines is 1. The van der Waals surface area contributed by atoms with Crippen LogP contribution in [0.2, 0.25) is 0 Å². The molecule has 1 atom stereocenters. The molecule has 3 heterocycles. The second kappa shape index (κ2) is 8.91. The minimum absolute atomic E-state index is 0.136. The van der Waals surface area contributed by atoms with Gasteiger partial charge in [-0.25, -0.2) is 14.6 Å². The number of aliphatic imine (C=N–C) groups is 1. The van der Waals surface area contributed by atoms with Gasteiger partial charge in [0.2, 0.25) is 0 Å². The number of nitrogens with zero attached hydrogens (tertiary/aromatic N) is 4. The first-order valence-electron chi connectivity index (χ1n) is 11.6. The van der Waals surface area contributed by atoms with Crippen LogP contribution >= 0.6 is 0 Å². The standard InChI is InChI=1S/C28H25N5O3/c1-17(18-8-6-5-7-9-18)25-23(16-34)30-22-15-24-20(14-21(22)31-25)26(19-10-12-29-13-11-19)32-33(24)27(35)36-28(2,3)4/h5-15,17,30H,1-4H3. The van der Waals surface area contributed by atoms with Gasteiger partial charge < -0.3 is 10.1 Å². The Morgan fingerprint density at radius 2 is 1.81 bits per heavy atom. The number of fused-ring (bicyclic) bond motifs is 2. The summed E-state index contributed by atoms with van der Waals surface area (Å²) in [6.45, 7) is 7.40. The van der Waals surface area contributed by atoms with Crippen molar-refractivity contribution in [1.82, 2.24) is 14.8 Å². The number of allylic oxidation sites excluding steroid dienone is 1. The minimum atomic E-state index is -0.696. The first-order valence-corrected chi connectivity index (χ1v) is 11.6. The molecule has 0 radical (unpaired) electrons. The van der Waals surface area contributed by atoms with E-state index in [9.17, 15) is 9.59 Å². The lowest BCUT2D eigenvalue weighted by Gasteiger charge is -2.23. The number of benzene rings is 2. The summed E-state index contributed by atoms with van der Waals surface area (Å²) >= 11 is 0. The van der Waals surface area contributed by atoms with Crippen LogP contribution in [0.3, 0.4) is 0 Å². The van der Waals surface area contributed by atoms with Crippen molar-refractivity contribution < 1.29 is 14.3 Å². The molecule has 2 aromatic heterocycles. The highest BCUT2D eigenvalue weighted by atomic mass is 16.6. The predicted molar refractivity (Wildman–Crippen MR) is 139 cm³/mol. The minimum Gasteiger partial charge on any atom is -0.442 e. The Morgan fingerprint density at radius 1 is 1.08 bits per heavy atom. The molecule has 0 saturated heterocycles. The Bertz CT molecular complexity index is 1540. The Balaban J connectivity index is 1.70. The predicted octanol–water partition coefficient (Wildman–Crippen LogP) is 5.90. The van der Waals surface area contributed by atoms with Gasteiger partial charge in [-0.2, -0.15) is 9.78 Å². The maximum Gasteiger partial charge on any atom is 0.435 e. The van der Waals surface area contributed by atoms with Gasteiger partial charge in [0.25, 0.3) is 0 Å². The van der Waals surface area contributed by atoms with Gasteiger partial charge in [-0.1, -0.05) is 37.3 Å². The number of nitrogens with one attached hydrogen (secondary N) is 1. The molecule has 8 heteroatoms. The summed E-state index contributed by atoms with van der Waals surface area (Å²) in [7, 11) is 0. The fourth-order valence-electron chi connectivity index (χ4n) is 4.18. The number of aromatic nitrogens is 3. The van der Waals surface area contributed by atoms with Crippen LogP contribution in [0.25, 0.3) is 22.2 Å². The average molecular weight is 480 g/mol. The van der Waals surface area contributed by atoms with Gasteiger partial charge >= 0.3 is 6.09 Å². The first kappa shape index (κ1) is 23.2. The fourth-order valence-corrected chi connectivity index (χ4v) is 4.18. The Morgan fingerprint density at radius 3 is 2.47 bits per heavy atom. The smallest absolute Gasteiger partial charge is 0.435 e. The quantitative estimate of drug-likeness (QED) is 0.368. The van der Waals surface area contributed by atoms with E-state index in [-0.39, 0.29) is 11.6 Å². The molecule has 1 aliphatic rings. The highest BCUT2D eigenvalue weighted by Crippen LogP contribution is 2.40. The third kappa shape index (κ3) is 4.30. The molecular formula is C28H25N5O3. The molecular weight excluding hydrogens is 454 g/mol. The summed E-state index contributed by atoms with van der Waals surface area (Å²) in [5, 5.41) is 8.50. The van der Waals surface area contributed by atoms with Gasteiger partial charge in [-0.05, 0) is 50.6 Å². The van der Waals surface area contributed by atoms with Crippen LogP contribution in [-0.2, 0) is 9.53 Å². The van der Waals surface area contributed by atoms with E-state index in [0.29, 0.717) is 28.3 Å². The van der Waals surface area contributed by atoms with Crippen molar-refractivity contribution in [3.05, 3.63) is 78.3 Å². The fraction of sp³-hybridized carbons (Fsp3) is 0.214. The number of hydrogen-bond acceptors (Lipinski definition) is 7. The van der Waals surface area contributed by atoms with E-state index < -0.39 is 11.7 Å². The zero-order valence-corrected chi connectivity index (χ0v) is 20.4. The third-order valence-electron chi connectivity index (χ3n) is 5.89. The maximum absolute atomic E-state index is 13.1. The van der Waals surface area contributed by atoms with Crippen LogP contribution in [0.5, 0.6) is 0 Å². The van der Waals surface area contributed by atoms with E-state index in [0.717, 1.165) is 16.5 Å². The number of hydrogen-bond donors (Lipinski definition) is 1. The molecule has 2 aromatic carbocycles. The summed E-state index contributed by atoms with van der Waals surface area (Å²) in [5.74, 6) is 1.86. The van der Waals surface area contributed by atoms with Crippen molar-refractivity contribution in [2.24, 2.45) is 4.99 Å². The van der Waals surface area contributed by atoms with Crippen molar-refractivity contribution in [2.75, 3.05) is 5.32 Å². The van der Waals surface area contributed by atoms with E-state index >= 15 is 0 Å². The monoisotopic (exact) mass is 479 g/mol. The van der Waals surface area contributed by atoms with Gasteiger partial charge in [0.05, 0.1) is 22.6 Å². The molecule has 1 unspecified atom stereocenters. The van der Waals surface area contributed by atoms with Gasteiger partial charge in [0.15, 0.2) is 5.94 Å². The van der Waals surface area contributed by atoms with E-state index in [4.69, 9.17) is 9.73 Å². The zero-order valence-electron chi connectivity index (χ0n) is 20.4. The summed E-state index contributed by atoms with van der Waals surface area (Å²) in [6, 6.07) is 17.2. The van der Waals surface area contributed by atoms with E-state index in [2.05, 4.69) is 15.4 Å².